The molecule has 1 fully saturated rings. The summed E-state index contributed by atoms with van der Waals surface area (Å²) in [6.07, 6.45) is 2.30. The molecular weight excluding hydrogens is 320 g/mol. The third-order valence-corrected chi connectivity index (χ3v) is 4.94. The zero-order valence-corrected chi connectivity index (χ0v) is 14.5. The van der Waals surface area contributed by atoms with Crippen molar-refractivity contribution in [3.8, 4) is 0 Å². The lowest BCUT2D eigenvalue weighted by molar-refractivity contribution is 0.0654. The Labute approximate surface area is 145 Å². The van der Waals surface area contributed by atoms with Crippen molar-refractivity contribution in [3.05, 3.63) is 47.7 Å². The number of nitrogens with zero attached hydrogens (tertiary/aromatic N) is 4. The van der Waals surface area contributed by atoms with Crippen LogP contribution in [0.4, 0.5) is 0 Å². The third-order valence-electron chi connectivity index (χ3n) is 4.94. The van der Waals surface area contributed by atoms with Crippen molar-refractivity contribution in [2.45, 2.75) is 25.5 Å². The number of amides is 1. The zero-order chi connectivity index (χ0) is 17.6. The number of carbonyl (C=O) groups excluding carboxylic acids is 1. The highest BCUT2D eigenvalue weighted by atomic mass is 16.5. The summed E-state index contributed by atoms with van der Waals surface area (Å²) in [5.41, 5.74) is 1.58. The van der Waals surface area contributed by atoms with Crippen molar-refractivity contribution in [2.24, 2.45) is 7.05 Å². The van der Waals surface area contributed by atoms with Crippen LogP contribution < -0.4 is 0 Å². The molecule has 1 aliphatic rings. The highest BCUT2D eigenvalue weighted by molar-refractivity contribution is 5.99. The first-order chi connectivity index (χ1) is 12.1. The second kappa shape index (κ2) is 6.00. The predicted octanol–water partition coefficient (Wildman–Crippen LogP) is 2.47. The van der Waals surface area contributed by atoms with Crippen molar-refractivity contribution in [1.29, 1.82) is 0 Å². The molecule has 3 aromatic rings. The van der Waals surface area contributed by atoms with Gasteiger partial charge in [-0.05, 0) is 13.0 Å². The van der Waals surface area contributed by atoms with Crippen LogP contribution in [0.2, 0.25) is 0 Å². The molecule has 0 bridgehead atoms. The van der Waals surface area contributed by atoms with E-state index in [0.29, 0.717) is 18.7 Å². The minimum absolute atomic E-state index is 0.0321. The number of hydrogen-bond donors (Lipinski definition) is 0. The van der Waals surface area contributed by atoms with Gasteiger partial charge in [0.25, 0.3) is 5.91 Å². The van der Waals surface area contributed by atoms with Crippen LogP contribution in [-0.2, 0) is 11.8 Å². The number of hydrogen-bond acceptors (Lipinski definition) is 5. The summed E-state index contributed by atoms with van der Waals surface area (Å²) < 4.78 is 13.2. The molecule has 0 unspecified atom stereocenters. The van der Waals surface area contributed by atoms with Crippen LogP contribution >= 0.6 is 0 Å². The van der Waals surface area contributed by atoms with Gasteiger partial charge < -0.3 is 18.6 Å². The number of ether oxygens (including phenoxy) is 1. The Balaban J connectivity index is 1.73. The standard InChI is InChI=1S/C18H20N4O3/c1-11-13-6-4-5-7-15(13)25-16(11)18(23)22-9-12(24-3)8-14(22)17-20-19-10-21(17)2/h4-7,10,12,14H,8-9H2,1-3H3/t12-,14+/m1/s1. The van der Waals surface area contributed by atoms with E-state index in [-0.39, 0.29) is 18.1 Å². The Hall–Kier alpha value is -2.67. The van der Waals surface area contributed by atoms with E-state index in [4.69, 9.17) is 9.15 Å². The molecule has 0 aliphatic carbocycles. The van der Waals surface area contributed by atoms with Crippen molar-refractivity contribution >= 4 is 16.9 Å². The number of aromatic nitrogens is 3. The first kappa shape index (κ1) is 15.8. The Bertz CT molecular complexity index is 929. The van der Waals surface area contributed by atoms with Crippen molar-refractivity contribution in [2.75, 3.05) is 13.7 Å². The summed E-state index contributed by atoms with van der Waals surface area (Å²) >= 11 is 0. The summed E-state index contributed by atoms with van der Waals surface area (Å²) in [7, 11) is 3.55. The molecule has 130 valence electrons. The van der Waals surface area contributed by atoms with Crippen molar-refractivity contribution < 1.29 is 13.9 Å². The van der Waals surface area contributed by atoms with Crippen LogP contribution in [-0.4, -0.2) is 45.3 Å². The summed E-state index contributed by atoms with van der Waals surface area (Å²) in [5, 5.41) is 9.10. The number of para-hydroxylation sites is 1. The van der Waals surface area contributed by atoms with E-state index in [1.54, 1.807) is 18.3 Å². The van der Waals surface area contributed by atoms with Gasteiger partial charge in [0.2, 0.25) is 0 Å². The van der Waals surface area contributed by atoms with E-state index >= 15 is 0 Å². The molecule has 7 nitrogen and oxygen atoms in total. The maximum atomic E-state index is 13.2. The number of benzene rings is 1. The van der Waals surface area contributed by atoms with Crippen LogP contribution in [0.25, 0.3) is 11.0 Å². The monoisotopic (exact) mass is 340 g/mol. The normalized spacial score (nSPS) is 20.5. The smallest absolute Gasteiger partial charge is 0.290 e. The molecule has 2 atom stereocenters. The summed E-state index contributed by atoms with van der Waals surface area (Å²) in [6.45, 7) is 2.42. The quantitative estimate of drug-likeness (QED) is 0.732. The van der Waals surface area contributed by atoms with Crippen LogP contribution in [0.3, 0.4) is 0 Å². The lowest BCUT2D eigenvalue weighted by Gasteiger charge is -2.22. The van der Waals surface area contributed by atoms with E-state index in [2.05, 4.69) is 10.2 Å². The molecular formula is C18H20N4O3. The molecule has 1 aliphatic heterocycles. The molecule has 2 aromatic heterocycles. The lowest BCUT2D eigenvalue weighted by atomic mass is 10.1. The van der Waals surface area contributed by atoms with Gasteiger partial charge in [-0.25, -0.2) is 0 Å². The molecule has 0 saturated carbocycles. The Morgan fingerprint density at radius 2 is 2.16 bits per heavy atom. The topological polar surface area (TPSA) is 73.4 Å². The Morgan fingerprint density at radius 3 is 2.84 bits per heavy atom. The van der Waals surface area contributed by atoms with Gasteiger partial charge in [0.05, 0.1) is 12.1 Å². The minimum atomic E-state index is -0.183. The number of aryl methyl sites for hydroxylation is 2. The van der Waals surface area contributed by atoms with E-state index in [9.17, 15) is 4.79 Å². The average molecular weight is 340 g/mol. The fourth-order valence-corrected chi connectivity index (χ4v) is 3.54. The molecule has 1 saturated heterocycles. The fraction of sp³-hybridized carbons (Fsp3) is 0.389. The summed E-state index contributed by atoms with van der Waals surface area (Å²) in [4.78, 5) is 15.0. The van der Waals surface area contributed by atoms with Gasteiger partial charge >= 0.3 is 0 Å². The van der Waals surface area contributed by atoms with Gasteiger partial charge in [-0.2, -0.15) is 0 Å². The molecule has 3 heterocycles. The van der Waals surface area contributed by atoms with Gasteiger partial charge in [0.15, 0.2) is 11.6 Å². The Morgan fingerprint density at radius 1 is 1.36 bits per heavy atom. The van der Waals surface area contributed by atoms with Gasteiger partial charge in [-0.15, -0.1) is 10.2 Å². The highest BCUT2D eigenvalue weighted by Gasteiger charge is 2.40. The van der Waals surface area contributed by atoms with Crippen molar-refractivity contribution in [1.82, 2.24) is 19.7 Å². The molecule has 25 heavy (non-hydrogen) atoms. The van der Waals surface area contributed by atoms with Gasteiger partial charge in [0.1, 0.15) is 11.9 Å². The molecule has 1 amide bonds. The zero-order valence-electron chi connectivity index (χ0n) is 14.5. The van der Waals surface area contributed by atoms with Gasteiger partial charge in [-0.3, -0.25) is 4.79 Å². The third kappa shape index (κ3) is 2.51. The van der Waals surface area contributed by atoms with E-state index < -0.39 is 0 Å². The van der Waals surface area contributed by atoms with Crippen LogP contribution in [0, 0.1) is 6.92 Å². The fourth-order valence-electron chi connectivity index (χ4n) is 3.54. The van der Waals surface area contributed by atoms with Crippen LogP contribution in [0.1, 0.15) is 34.4 Å². The second-order valence-corrected chi connectivity index (χ2v) is 6.42. The second-order valence-electron chi connectivity index (χ2n) is 6.42. The van der Waals surface area contributed by atoms with E-state index in [1.807, 2.05) is 42.8 Å². The lowest BCUT2D eigenvalue weighted by Crippen LogP contribution is -2.33. The van der Waals surface area contributed by atoms with Crippen LogP contribution in [0.5, 0.6) is 0 Å². The molecule has 0 N–H and O–H groups in total. The SMILES string of the molecule is CO[C@@H]1C[C@@H](c2nncn2C)N(C(=O)c2oc3ccccc3c2C)C1. The molecule has 0 spiro atoms. The Kier molecular flexibility index (Phi) is 3.80. The van der Waals surface area contributed by atoms with Gasteiger partial charge in [0, 0.05) is 38.1 Å². The maximum absolute atomic E-state index is 13.2. The van der Waals surface area contributed by atoms with Crippen molar-refractivity contribution in [3.63, 3.8) is 0 Å². The number of rotatable bonds is 3. The first-order valence-corrected chi connectivity index (χ1v) is 8.26. The summed E-state index contributed by atoms with van der Waals surface area (Å²) in [5.74, 6) is 0.994. The number of furan rings is 1. The molecule has 4 rings (SSSR count). The average Bonchev–Trinajstić information content (AvgIpc) is 3.31. The largest absolute Gasteiger partial charge is 0.451 e. The number of fused-ring (bicyclic) bond motifs is 1. The van der Waals surface area contributed by atoms with E-state index in [1.165, 1.54) is 0 Å². The van der Waals surface area contributed by atoms with Gasteiger partial charge in [-0.1, -0.05) is 18.2 Å². The molecule has 1 aromatic carbocycles. The highest BCUT2D eigenvalue weighted by Crippen LogP contribution is 2.35. The minimum Gasteiger partial charge on any atom is -0.451 e. The maximum Gasteiger partial charge on any atom is 0.290 e. The van der Waals surface area contributed by atoms with E-state index in [0.717, 1.165) is 22.4 Å². The predicted molar refractivity (Wildman–Crippen MR) is 91.1 cm³/mol. The number of methoxy groups -OCH3 is 1. The number of carbonyl (C=O) groups is 1. The first-order valence-electron chi connectivity index (χ1n) is 8.26. The molecule has 7 heteroatoms. The van der Waals surface area contributed by atoms with Crippen LogP contribution in [0.15, 0.2) is 35.0 Å². The molecule has 0 radical (unpaired) electrons. The summed E-state index contributed by atoms with van der Waals surface area (Å²) in [6, 6.07) is 7.50. The number of likely N-dealkylation sites (tertiary alicyclic amines) is 1.